The lowest BCUT2D eigenvalue weighted by molar-refractivity contribution is -0.0260. The second kappa shape index (κ2) is 5.50. The van der Waals surface area contributed by atoms with Crippen LogP contribution in [-0.2, 0) is 5.41 Å². The molecule has 2 aromatic rings. The second-order valence-electron chi connectivity index (χ2n) is 9.42. The van der Waals surface area contributed by atoms with Crippen LogP contribution in [0.3, 0.4) is 0 Å². The van der Waals surface area contributed by atoms with E-state index in [2.05, 4.69) is 52.0 Å². The fraction of sp³-hybridized carbons (Fsp3) is 0.458. The van der Waals surface area contributed by atoms with Crippen LogP contribution >= 0.6 is 11.3 Å². The molecule has 2 heterocycles. The largest absolute Gasteiger partial charge is 0.486 e. The van der Waals surface area contributed by atoms with Gasteiger partial charge < -0.3 is 9.84 Å². The lowest BCUT2D eigenvalue weighted by Gasteiger charge is -2.48. The average molecular weight is 395 g/mol. The molecular weight excluding hydrogens is 368 g/mol. The molecule has 146 valence electrons. The van der Waals surface area contributed by atoms with E-state index in [-0.39, 0.29) is 16.4 Å². The number of ether oxygens (including phenoxy) is 1. The number of carboxylic acid groups (broad SMARTS) is 1. The Morgan fingerprint density at radius 3 is 2.75 bits per heavy atom. The molecule has 0 spiro atoms. The van der Waals surface area contributed by atoms with Gasteiger partial charge in [-0.25, -0.2) is 4.79 Å². The van der Waals surface area contributed by atoms with Crippen LogP contribution in [0.2, 0.25) is 0 Å². The van der Waals surface area contributed by atoms with Crippen molar-refractivity contribution in [2.75, 3.05) is 0 Å². The van der Waals surface area contributed by atoms with Gasteiger partial charge in [0, 0.05) is 21.2 Å². The predicted molar refractivity (Wildman–Crippen MR) is 113 cm³/mol. The molecule has 28 heavy (non-hydrogen) atoms. The highest BCUT2D eigenvalue weighted by Crippen LogP contribution is 2.73. The smallest absolute Gasteiger partial charge is 0.336 e. The van der Waals surface area contributed by atoms with Crippen molar-refractivity contribution in [1.29, 1.82) is 0 Å². The summed E-state index contributed by atoms with van der Waals surface area (Å²) < 4.78 is 6.62. The number of hydrogen-bond acceptors (Lipinski definition) is 3. The van der Waals surface area contributed by atoms with E-state index < -0.39 is 5.97 Å². The van der Waals surface area contributed by atoms with Gasteiger partial charge in [-0.05, 0) is 79.9 Å². The molecule has 4 unspecified atom stereocenters. The fourth-order valence-electron chi connectivity index (χ4n) is 6.27. The zero-order valence-electron chi connectivity index (χ0n) is 16.8. The molecule has 0 saturated heterocycles. The second-order valence-corrected chi connectivity index (χ2v) is 10.4. The Bertz CT molecular complexity index is 1030. The van der Waals surface area contributed by atoms with E-state index in [1.165, 1.54) is 41.7 Å². The van der Waals surface area contributed by atoms with Crippen molar-refractivity contribution < 1.29 is 14.6 Å². The lowest BCUT2D eigenvalue weighted by Crippen LogP contribution is -2.54. The normalized spacial score (nSPS) is 35.6. The summed E-state index contributed by atoms with van der Waals surface area (Å²) in [7, 11) is 0. The molecule has 3 nitrogen and oxygen atoms in total. The monoisotopic (exact) mass is 394 g/mol. The number of allylic oxidation sites excluding steroid dienone is 1. The number of rotatable bonds is 3. The first-order valence-electron chi connectivity index (χ1n) is 10.0. The molecular formula is C24H26O3S. The lowest BCUT2D eigenvalue weighted by atomic mass is 9.56. The van der Waals surface area contributed by atoms with Crippen LogP contribution in [0.4, 0.5) is 0 Å². The number of benzene rings is 1. The number of hydrogen-bond donors (Lipinski definition) is 1. The van der Waals surface area contributed by atoms with E-state index in [9.17, 15) is 4.79 Å². The van der Waals surface area contributed by atoms with Crippen molar-refractivity contribution in [2.24, 2.45) is 11.3 Å². The highest BCUT2D eigenvalue weighted by Gasteiger charge is 2.73. The molecule has 0 radical (unpaired) electrons. The van der Waals surface area contributed by atoms with Gasteiger partial charge in [0.15, 0.2) is 0 Å². The molecule has 5 rings (SSSR count). The van der Waals surface area contributed by atoms with Crippen LogP contribution in [0.1, 0.15) is 73.3 Å². The van der Waals surface area contributed by atoms with Crippen LogP contribution in [-0.4, -0.2) is 16.7 Å². The van der Waals surface area contributed by atoms with Crippen molar-refractivity contribution >= 4 is 29.0 Å². The first-order valence-corrected chi connectivity index (χ1v) is 10.9. The molecule has 4 heteroatoms. The van der Waals surface area contributed by atoms with Crippen molar-refractivity contribution in [2.45, 2.75) is 58.0 Å². The Morgan fingerprint density at radius 1 is 1.25 bits per heavy atom. The van der Waals surface area contributed by atoms with E-state index in [4.69, 9.17) is 9.84 Å². The maximum Gasteiger partial charge on any atom is 0.336 e. The average Bonchev–Trinajstić information content (AvgIpc) is 3.35. The van der Waals surface area contributed by atoms with Crippen molar-refractivity contribution in [3.05, 3.63) is 51.2 Å². The van der Waals surface area contributed by atoms with Crippen LogP contribution in [0, 0.1) is 11.3 Å². The van der Waals surface area contributed by atoms with Gasteiger partial charge in [0.25, 0.3) is 0 Å². The van der Waals surface area contributed by atoms with Crippen molar-refractivity contribution in [3.63, 3.8) is 0 Å². The third-order valence-corrected chi connectivity index (χ3v) is 9.12. The molecule has 1 aromatic heterocycles. The van der Waals surface area contributed by atoms with Crippen molar-refractivity contribution in [1.82, 2.24) is 0 Å². The number of fused-ring (bicyclic) bond motifs is 7. The van der Waals surface area contributed by atoms with Crippen LogP contribution < -0.4 is 4.74 Å². The highest BCUT2D eigenvalue weighted by atomic mass is 32.1. The zero-order valence-corrected chi connectivity index (χ0v) is 17.7. The van der Waals surface area contributed by atoms with E-state index in [0.29, 0.717) is 11.5 Å². The molecule has 0 amide bonds. The Kier molecular flexibility index (Phi) is 3.54. The summed E-state index contributed by atoms with van der Waals surface area (Å²) in [6, 6.07) is 8.33. The summed E-state index contributed by atoms with van der Waals surface area (Å²) in [5.74, 6) is 0.805. The van der Waals surface area contributed by atoms with Gasteiger partial charge >= 0.3 is 5.97 Å². The summed E-state index contributed by atoms with van der Waals surface area (Å²) in [6.45, 7) is 9.29. The summed E-state index contributed by atoms with van der Waals surface area (Å²) in [5.41, 5.74) is 4.25. The van der Waals surface area contributed by atoms with E-state index >= 15 is 0 Å². The predicted octanol–water partition coefficient (Wildman–Crippen LogP) is 6.24. The zero-order chi connectivity index (χ0) is 19.9. The minimum absolute atomic E-state index is 0.0357. The van der Waals surface area contributed by atoms with Crippen LogP contribution in [0.25, 0.3) is 11.6 Å². The van der Waals surface area contributed by atoms with Crippen LogP contribution in [0.5, 0.6) is 5.75 Å². The fourth-order valence-corrected chi connectivity index (χ4v) is 7.14. The minimum atomic E-state index is -0.875. The molecule has 1 aromatic carbocycles. The molecule has 3 aliphatic rings. The topological polar surface area (TPSA) is 46.5 Å². The Labute approximate surface area is 170 Å². The molecule has 4 atom stereocenters. The number of carboxylic acids is 1. The number of carbonyl (C=O) groups is 1. The standard InChI is InChI=1S/C24H26O3S/c1-14(9-18-10-16(13-28-18)21(25)26)15-5-6-20-19(11-15)23(3)22(2)8-7-17(12-22)24(23,4)27-20/h5-6,9-11,13,17H,7-8,12H2,1-4H3,(H,25,26). The van der Waals surface area contributed by atoms with Gasteiger partial charge in [-0.1, -0.05) is 19.9 Å². The summed E-state index contributed by atoms with van der Waals surface area (Å²) >= 11 is 1.47. The number of thiophene rings is 1. The van der Waals surface area contributed by atoms with Gasteiger partial charge in [0.2, 0.25) is 0 Å². The molecule has 2 aliphatic carbocycles. The van der Waals surface area contributed by atoms with Gasteiger partial charge in [0.05, 0.1) is 5.56 Å². The van der Waals surface area contributed by atoms with Crippen molar-refractivity contribution in [3.8, 4) is 5.75 Å². The summed E-state index contributed by atoms with van der Waals surface area (Å²) in [6.07, 6.45) is 5.88. The highest BCUT2D eigenvalue weighted by molar-refractivity contribution is 7.11. The third-order valence-electron chi connectivity index (χ3n) is 8.24. The third kappa shape index (κ3) is 2.07. The molecule has 2 bridgehead atoms. The molecule has 2 fully saturated rings. The Hall–Kier alpha value is -2.07. The van der Waals surface area contributed by atoms with Gasteiger partial charge in [-0.15, -0.1) is 11.3 Å². The molecule has 2 saturated carbocycles. The van der Waals surface area contributed by atoms with Crippen LogP contribution in [0.15, 0.2) is 29.6 Å². The first kappa shape index (κ1) is 18.0. The molecule has 1 aliphatic heterocycles. The van der Waals surface area contributed by atoms with Gasteiger partial charge in [-0.3, -0.25) is 0 Å². The van der Waals surface area contributed by atoms with E-state index in [0.717, 1.165) is 16.2 Å². The maximum absolute atomic E-state index is 11.1. The van der Waals surface area contributed by atoms with Gasteiger partial charge in [0.1, 0.15) is 11.4 Å². The first-order chi connectivity index (χ1) is 13.2. The number of aromatic carboxylic acids is 1. The quantitative estimate of drug-likeness (QED) is 0.671. The molecule has 1 N–H and O–H groups in total. The Balaban J connectivity index is 1.56. The summed E-state index contributed by atoms with van der Waals surface area (Å²) in [5, 5.41) is 10.8. The van der Waals surface area contributed by atoms with Gasteiger partial charge in [-0.2, -0.15) is 0 Å². The SMILES string of the molecule is CC(=Cc1cc(C(=O)O)cs1)c1ccc2c(c1)C1(C)C3(C)CCC(C3)C1(C)O2. The Morgan fingerprint density at radius 2 is 2.04 bits per heavy atom. The van der Waals surface area contributed by atoms with E-state index in [1.807, 2.05) is 0 Å². The summed E-state index contributed by atoms with van der Waals surface area (Å²) in [4.78, 5) is 12.1. The maximum atomic E-state index is 11.1. The minimum Gasteiger partial charge on any atom is -0.486 e. The van der Waals surface area contributed by atoms with E-state index in [1.54, 1.807) is 11.4 Å².